The fraction of sp³-hybridized carbons (Fsp3) is 0.235. The maximum absolute atomic E-state index is 12.0. The summed E-state index contributed by atoms with van der Waals surface area (Å²) in [5, 5.41) is 2.95. The molecule has 0 saturated carbocycles. The lowest BCUT2D eigenvalue weighted by atomic mass is 10.2. The van der Waals surface area contributed by atoms with Gasteiger partial charge >= 0.3 is 0 Å². The number of carbonyl (C=O) groups excluding carboxylic acids is 1. The molecule has 0 saturated heterocycles. The third-order valence-electron chi connectivity index (χ3n) is 3.12. The van der Waals surface area contributed by atoms with Gasteiger partial charge in [0.05, 0.1) is 7.11 Å². The third-order valence-corrected chi connectivity index (χ3v) is 4.63. The molecule has 0 bridgehead atoms. The van der Waals surface area contributed by atoms with Crippen LogP contribution in [0.25, 0.3) is 0 Å². The van der Waals surface area contributed by atoms with Crippen LogP contribution in [0.5, 0.6) is 5.75 Å². The Kier molecular flexibility index (Phi) is 6.34. The van der Waals surface area contributed by atoms with E-state index in [4.69, 9.17) is 4.74 Å². The highest BCUT2D eigenvalue weighted by atomic mass is 79.9. The molecule has 0 fully saturated rings. The molecule has 116 valence electrons. The van der Waals surface area contributed by atoms with Crippen molar-refractivity contribution in [1.29, 1.82) is 0 Å². The van der Waals surface area contributed by atoms with Gasteiger partial charge in [-0.25, -0.2) is 0 Å². The summed E-state index contributed by atoms with van der Waals surface area (Å²) in [6, 6.07) is 13.7. The number of rotatable bonds is 6. The predicted molar refractivity (Wildman–Crippen MR) is 95.8 cm³/mol. The van der Waals surface area contributed by atoms with Crippen molar-refractivity contribution in [2.24, 2.45) is 0 Å². The smallest absolute Gasteiger partial charge is 0.225 e. The molecule has 0 aliphatic carbocycles. The Balaban J connectivity index is 1.79. The van der Waals surface area contributed by atoms with Gasteiger partial charge in [0, 0.05) is 27.2 Å². The summed E-state index contributed by atoms with van der Waals surface area (Å²) in [6.45, 7) is 1.98. The largest absolute Gasteiger partial charge is 0.497 e. The maximum Gasteiger partial charge on any atom is 0.225 e. The summed E-state index contributed by atoms with van der Waals surface area (Å²) in [4.78, 5) is 13.1. The van der Waals surface area contributed by atoms with E-state index in [-0.39, 0.29) is 5.91 Å². The van der Waals surface area contributed by atoms with Gasteiger partial charge < -0.3 is 10.1 Å². The number of aryl methyl sites for hydroxylation is 1. The van der Waals surface area contributed by atoms with Crippen LogP contribution in [-0.2, 0) is 4.79 Å². The van der Waals surface area contributed by atoms with Crippen LogP contribution in [0.1, 0.15) is 12.0 Å². The molecule has 0 spiro atoms. The van der Waals surface area contributed by atoms with Crippen molar-refractivity contribution in [3.8, 4) is 5.75 Å². The van der Waals surface area contributed by atoms with E-state index in [1.807, 2.05) is 49.4 Å². The Morgan fingerprint density at radius 3 is 2.59 bits per heavy atom. The average Bonchev–Trinajstić information content (AvgIpc) is 2.51. The second-order valence-corrected chi connectivity index (χ2v) is 6.87. The van der Waals surface area contributed by atoms with Crippen LogP contribution in [0, 0.1) is 6.92 Å². The van der Waals surface area contributed by atoms with Gasteiger partial charge in [-0.05, 0) is 55.0 Å². The fourth-order valence-electron chi connectivity index (χ4n) is 1.91. The van der Waals surface area contributed by atoms with E-state index in [0.29, 0.717) is 6.42 Å². The molecular formula is C17H18BrNO2S. The number of ether oxygens (including phenoxy) is 1. The Hall–Kier alpha value is -1.46. The summed E-state index contributed by atoms with van der Waals surface area (Å²) >= 11 is 5.08. The second-order valence-electron chi connectivity index (χ2n) is 4.78. The molecule has 2 aromatic carbocycles. The van der Waals surface area contributed by atoms with Gasteiger partial charge in [-0.1, -0.05) is 15.9 Å². The fourth-order valence-corrected chi connectivity index (χ4v) is 3.24. The van der Waals surface area contributed by atoms with Crippen LogP contribution in [0.3, 0.4) is 0 Å². The zero-order valence-electron chi connectivity index (χ0n) is 12.6. The van der Waals surface area contributed by atoms with E-state index < -0.39 is 0 Å². The summed E-state index contributed by atoms with van der Waals surface area (Å²) in [7, 11) is 1.65. The maximum atomic E-state index is 12.0. The van der Waals surface area contributed by atoms with E-state index in [0.717, 1.165) is 32.1 Å². The summed E-state index contributed by atoms with van der Waals surface area (Å²) in [6.07, 6.45) is 0.478. The number of hydrogen-bond donors (Lipinski definition) is 1. The molecule has 0 atom stereocenters. The number of halogens is 1. The van der Waals surface area contributed by atoms with Crippen molar-refractivity contribution in [3.05, 3.63) is 52.5 Å². The summed E-state index contributed by atoms with van der Waals surface area (Å²) in [5.41, 5.74) is 1.91. The minimum Gasteiger partial charge on any atom is -0.497 e. The quantitative estimate of drug-likeness (QED) is 0.726. The zero-order chi connectivity index (χ0) is 15.9. The van der Waals surface area contributed by atoms with E-state index in [1.165, 1.54) is 0 Å². The first-order chi connectivity index (χ1) is 10.6. The molecule has 1 N–H and O–H groups in total. The zero-order valence-corrected chi connectivity index (χ0v) is 15.0. The number of methoxy groups -OCH3 is 1. The molecule has 5 heteroatoms. The van der Waals surface area contributed by atoms with Gasteiger partial charge in [-0.15, -0.1) is 11.8 Å². The van der Waals surface area contributed by atoms with Crippen LogP contribution < -0.4 is 10.1 Å². The van der Waals surface area contributed by atoms with Gasteiger partial charge in [0.2, 0.25) is 5.91 Å². The molecule has 0 aromatic heterocycles. The molecule has 0 unspecified atom stereocenters. The van der Waals surface area contributed by atoms with Crippen LogP contribution in [0.4, 0.5) is 5.69 Å². The van der Waals surface area contributed by atoms with E-state index >= 15 is 0 Å². The van der Waals surface area contributed by atoms with E-state index in [2.05, 4.69) is 21.2 Å². The van der Waals surface area contributed by atoms with Crippen LogP contribution in [0.15, 0.2) is 51.8 Å². The van der Waals surface area contributed by atoms with Crippen molar-refractivity contribution >= 4 is 39.3 Å². The first-order valence-corrected chi connectivity index (χ1v) is 8.69. The minimum absolute atomic E-state index is 0.0337. The lowest BCUT2D eigenvalue weighted by Crippen LogP contribution is -2.13. The first kappa shape index (κ1) is 16.9. The minimum atomic E-state index is 0.0337. The topological polar surface area (TPSA) is 38.3 Å². The van der Waals surface area contributed by atoms with E-state index in [9.17, 15) is 4.79 Å². The van der Waals surface area contributed by atoms with Crippen molar-refractivity contribution in [3.63, 3.8) is 0 Å². The number of hydrogen-bond acceptors (Lipinski definition) is 3. The molecule has 0 aliphatic heterocycles. The highest BCUT2D eigenvalue weighted by molar-refractivity contribution is 9.10. The van der Waals surface area contributed by atoms with Crippen molar-refractivity contribution in [2.45, 2.75) is 18.2 Å². The molecule has 2 aromatic rings. The molecule has 0 heterocycles. The van der Waals surface area contributed by atoms with Crippen LogP contribution in [-0.4, -0.2) is 18.8 Å². The molecule has 2 rings (SSSR count). The number of amides is 1. The molecule has 0 radical (unpaired) electrons. The molecule has 0 aliphatic rings. The van der Waals surface area contributed by atoms with Gasteiger partial charge in [-0.2, -0.15) is 0 Å². The second kappa shape index (κ2) is 8.25. The highest BCUT2D eigenvalue weighted by Gasteiger charge is 2.05. The van der Waals surface area contributed by atoms with Crippen LogP contribution in [0.2, 0.25) is 0 Å². The van der Waals surface area contributed by atoms with E-state index in [1.54, 1.807) is 18.9 Å². The highest BCUT2D eigenvalue weighted by Crippen LogP contribution is 2.23. The standard InChI is InChI=1S/C17H18BrNO2S/c1-12-11-13(18)3-8-16(12)19-17(20)9-10-22-15-6-4-14(21-2)5-7-15/h3-8,11H,9-10H2,1-2H3,(H,19,20). The molecule has 1 amide bonds. The summed E-state index contributed by atoms with van der Waals surface area (Å²) < 4.78 is 6.13. The Morgan fingerprint density at radius 1 is 1.23 bits per heavy atom. The number of thioether (sulfide) groups is 1. The lowest BCUT2D eigenvalue weighted by Gasteiger charge is -2.09. The average molecular weight is 380 g/mol. The Bertz CT molecular complexity index is 644. The van der Waals surface area contributed by atoms with Crippen molar-refractivity contribution in [1.82, 2.24) is 0 Å². The number of nitrogens with one attached hydrogen (secondary N) is 1. The third kappa shape index (κ3) is 5.07. The Labute approximate surface area is 143 Å². The molecule has 3 nitrogen and oxygen atoms in total. The molecule has 22 heavy (non-hydrogen) atoms. The predicted octanol–water partition coefficient (Wildman–Crippen LogP) is 4.89. The number of benzene rings is 2. The molecular weight excluding hydrogens is 362 g/mol. The summed E-state index contributed by atoms with van der Waals surface area (Å²) in [5.74, 6) is 1.62. The van der Waals surface area contributed by atoms with Gasteiger partial charge in [0.15, 0.2) is 0 Å². The van der Waals surface area contributed by atoms with Gasteiger partial charge in [0.1, 0.15) is 5.75 Å². The van der Waals surface area contributed by atoms with Gasteiger partial charge in [0.25, 0.3) is 0 Å². The van der Waals surface area contributed by atoms with Gasteiger partial charge in [-0.3, -0.25) is 4.79 Å². The number of carbonyl (C=O) groups is 1. The normalized spacial score (nSPS) is 10.3. The van der Waals surface area contributed by atoms with Crippen molar-refractivity contribution < 1.29 is 9.53 Å². The monoisotopic (exact) mass is 379 g/mol. The van der Waals surface area contributed by atoms with Crippen LogP contribution >= 0.6 is 27.7 Å². The SMILES string of the molecule is COc1ccc(SCCC(=O)Nc2ccc(Br)cc2C)cc1. The lowest BCUT2D eigenvalue weighted by molar-refractivity contribution is -0.115. The van der Waals surface area contributed by atoms with Crippen molar-refractivity contribution in [2.75, 3.05) is 18.2 Å². The number of anilines is 1. The first-order valence-electron chi connectivity index (χ1n) is 6.91. The Morgan fingerprint density at radius 2 is 1.95 bits per heavy atom.